The number of halogens is 4. The normalized spacial score (nSPS) is 11.5. The smallest absolute Gasteiger partial charge is 0.493 e. The van der Waals surface area contributed by atoms with E-state index in [9.17, 15) is 18.0 Å². The number of hydrogen-bond acceptors (Lipinski definition) is 7. The minimum Gasteiger partial charge on any atom is -0.496 e. The van der Waals surface area contributed by atoms with E-state index in [1.165, 1.54) is 18.0 Å². The number of nitrogens with zero attached hydrogens (tertiary/aromatic N) is 4. The number of anilines is 1. The lowest BCUT2D eigenvalue weighted by Gasteiger charge is -2.08. The lowest BCUT2D eigenvalue weighted by molar-refractivity contribution is -0.196. The minimum atomic E-state index is -5.13. The molecule has 0 unspecified atom stereocenters. The molecule has 0 aliphatic carbocycles. The Morgan fingerprint density at radius 1 is 1.33 bits per heavy atom. The predicted molar refractivity (Wildman–Crippen MR) is 91.8 cm³/mol. The number of hydrogen-bond donors (Lipinski definition) is 1. The first kappa shape index (κ1) is 18.9. The Hall–Kier alpha value is -2.89. The molecular weight excluding hydrogens is 435 g/mol. The number of rotatable bonds is 4. The van der Waals surface area contributed by atoms with Crippen molar-refractivity contribution in [2.75, 3.05) is 12.6 Å². The highest BCUT2D eigenvalue weighted by Crippen LogP contribution is 2.35. The number of aromatic nitrogens is 4. The third-order valence-corrected chi connectivity index (χ3v) is 3.96. The molecule has 0 aliphatic heterocycles. The molecule has 142 valence electrons. The number of aryl methyl sites for hydroxylation is 1. The van der Waals surface area contributed by atoms with E-state index < -0.39 is 12.1 Å². The second kappa shape index (κ2) is 7.02. The second-order valence-electron chi connectivity index (χ2n) is 5.24. The fourth-order valence-corrected chi connectivity index (χ4v) is 2.66. The Morgan fingerprint density at radius 2 is 2.07 bits per heavy atom. The Balaban J connectivity index is 1.98. The predicted octanol–water partition coefficient (Wildman–Crippen LogP) is 3.23. The lowest BCUT2D eigenvalue weighted by atomic mass is 10.1. The van der Waals surface area contributed by atoms with Crippen molar-refractivity contribution in [3.05, 3.63) is 28.9 Å². The van der Waals surface area contributed by atoms with Crippen molar-refractivity contribution in [2.24, 2.45) is 7.05 Å². The van der Waals surface area contributed by atoms with Gasteiger partial charge in [-0.1, -0.05) is 15.9 Å². The monoisotopic (exact) mass is 445 g/mol. The summed E-state index contributed by atoms with van der Waals surface area (Å²) in [7, 11) is 3.13. The van der Waals surface area contributed by atoms with Crippen LogP contribution in [0.15, 0.2) is 28.9 Å². The minimum absolute atomic E-state index is 0.313. The van der Waals surface area contributed by atoms with Crippen molar-refractivity contribution in [1.82, 2.24) is 19.7 Å². The summed E-state index contributed by atoms with van der Waals surface area (Å²) in [5.41, 5.74) is 3.29. The number of nitrogens with one attached hydrogen (secondary N) is 1. The summed E-state index contributed by atoms with van der Waals surface area (Å²) in [6.45, 7) is 0. The fraction of sp³-hybridized carbons (Fsp3) is 0.200. The van der Waals surface area contributed by atoms with E-state index in [4.69, 9.17) is 4.74 Å². The average molecular weight is 446 g/mol. The van der Waals surface area contributed by atoms with E-state index in [-0.39, 0.29) is 5.95 Å². The summed E-state index contributed by atoms with van der Waals surface area (Å²) in [6.07, 6.45) is -3.77. The van der Waals surface area contributed by atoms with Crippen LogP contribution in [0.2, 0.25) is 0 Å². The van der Waals surface area contributed by atoms with E-state index >= 15 is 0 Å². The first-order chi connectivity index (χ1) is 12.7. The molecule has 0 radical (unpaired) electrons. The summed E-state index contributed by atoms with van der Waals surface area (Å²) < 4.78 is 44.1. The van der Waals surface area contributed by atoms with Gasteiger partial charge in [-0.15, -0.1) is 0 Å². The van der Waals surface area contributed by atoms with Crippen molar-refractivity contribution >= 4 is 38.9 Å². The van der Waals surface area contributed by atoms with Crippen LogP contribution in [0.1, 0.15) is 0 Å². The van der Waals surface area contributed by atoms with Gasteiger partial charge in [0, 0.05) is 23.3 Å². The third-order valence-electron chi connectivity index (χ3n) is 3.46. The van der Waals surface area contributed by atoms with Crippen LogP contribution in [0.25, 0.3) is 22.3 Å². The topological polar surface area (TPSA) is 91.2 Å². The van der Waals surface area contributed by atoms with Crippen molar-refractivity contribution < 1.29 is 27.5 Å². The lowest BCUT2D eigenvalue weighted by Crippen LogP contribution is -2.27. The van der Waals surface area contributed by atoms with Crippen molar-refractivity contribution in [3.63, 3.8) is 0 Å². The molecule has 1 aromatic carbocycles. The molecule has 3 rings (SSSR count). The van der Waals surface area contributed by atoms with Crippen LogP contribution in [0.5, 0.6) is 5.75 Å². The highest BCUT2D eigenvalue weighted by atomic mass is 79.9. The Labute approximate surface area is 158 Å². The number of carbonyl (C=O) groups is 1. The van der Waals surface area contributed by atoms with Gasteiger partial charge in [0.05, 0.1) is 12.5 Å². The number of alkyl halides is 3. The van der Waals surface area contributed by atoms with Crippen LogP contribution in [0.4, 0.5) is 19.1 Å². The van der Waals surface area contributed by atoms with Gasteiger partial charge in [0.1, 0.15) is 11.4 Å². The molecule has 0 atom stereocenters. The molecule has 0 amide bonds. The van der Waals surface area contributed by atoms with Gasteiger partial charge in [0.25, 0.3) is 5.95 Å². The van der Waals surface area contributed by atoms with Gasteiger partial charge in [-0.05, 0) is 18.2 Å². The molecule has 2 aromatic heterocycles. The molecule has 0 bridgehead atoms. The molecular formula is C15H11BrF3N5O3. The fourth-order valence-electron chi connectivity index (χ4n) is 2.30. The molecule has 8 nitrogen and oxygen atoms in total. The SMILES string of the molecule is COc1ccc(Br)cc1-c1nn(C)c2nc(NOC(=O)C(F)(F)F)ncc12. The van der Waals surface area contributed by atoms with Gasteiger partial charge in [-0.3, -0.25) is 0 Å². The molecule has 3 aromatic rings. The van der Waals surface area contributed by atoms with E-state index in [0.29, 0.717) is 28.0 Å². The van der Waals surface area contributed by atoms with Gasteiger partial charge in [0.15, 0.2) is 5.65 Å². The maximum absolute atomic E-state index is 12.2. The van der Waals surface area contributed by atoms with Crippen molar-refractivity contribution in [2.45, 2.75) is 6.18 Å². The van der Waals surface area contributed by atoms with Crippen molar-refractivity contribution in [1.29, 1.82) is 0 Å². The van der Waals surface area contributed by atoms with Crippen LogP contribution >= 0.6 is 15.9 Å². The molecule has 12 heteroatoms. The number of carbonyl (C=O) groups excluding carboxylic acids is 1. The third kappa shape index (κ3) is 3.79. The summed E-state index contributed by atoms with van der Waals surface area (Å²) in [4.78, 5) is 22.6. The van der Waals surface area contributed by atoms with Crippen LogP contribution in [-0.2, 0) is 16.7 Å². The van der Waals surface area contributed by atoms with E-state index in [1.807, 2.05) is 0 Å². The maximum atomic E-state index is 12.2. The standard InChI is InChI=1S/C15H11BrF3N5O3/c1-24-12-9(6-20-14(21-12)23-27-13(25)15(17,18)19)11(22-24)8-5-7(16)3-4-10(8)26-2/h3-6H,1-2H3,(H,20,21,23). The first-order valence-corrected chi connectivity index (χ1v) is 8.07. The maximum Gasteiger partial charge on any atom is 0.493 e. The molecule has 0 aliphatic rings. The zero-order valence-electron chi connectivity index (χ0n) is 13.8. The average Bonchev–Trinajstić information content (AvgIpc) is 2.95. The van der Waals surface area contributed by atoms with Crippen LogP contribution in [0, 0.1) is 0 Å². The molecule has 2 heterocycles. The highest BCUT2D eigenvalue weighted by molar-refractivity contribution is 9.10. The van der Waals surface area contributed by atoms with Gasteiger partial charge in [-0.25, -0.2) is 14.5 Å². The molecule has 1 N–H and O–H groups in total. The summed E-state index contributed by atoms with van der Waals surface area (Å²) in [6, 6.07) is 5.37. The number of fused-ring (bicyclic) bond motifs is 1. The summed E-state index contributed by atoms with van der Waals surface area (Å²) >= 11 is 3.38. The zero-order valence-corrected chi connectivity index (χ0v) is 15.4. The van der Waals surface area contributed by atoms with E-state index in [0.717, 1.165) is 4.47 Å². The van der Waals surface area contributed by atoms with Crippen LogP contribution < -0.4 is 10.2 Å². The van der Waals surface area contributed by atoms with Crippen molar-refractivity contribution in [3.8, 4) is 17.0 Å². The molecule has 0 saturated heterocycles. The molecule has 0 spiro atoms. The van der Waals surface area contributed by atoms with Gasteiger partial charge in [0.2, 0.25) is 0 Å². The Bertz CT molecular complexity index is 1020. The molecule has 0 fully saturated rings. The largest absolute Gasteiger partial charge is 0.496 e. The number of benzene rings is 1. The molecule has 27 heavy (non-hydrogen) atoms. The van der Waals surface area contributed by atoms with E-state index in [2.05, 4.69) is 35.8 Å². The second-order valence-corrected chi connectivity index (χ2v) is 6.15. The number of methoxy groups -OCH3 is 1. The quantitative estimate of drug-likeness (QED) is 0.616. The summed E-state index contributed by atoms with van der Waals surface area (Å²) in [5.74, 6) is -2.16. The van der Waals surface area contributed by atoms with Gasteiger partial charge < -0.3 is 9.57 Å². The van der Waals surface area contributed by atoms with E-state index in [1.54, 1.807) is 30.7 Å². The Morgan fingerprint density at radius 3 is 2.74 bits per heavy atom. The van der Waals surface area contributed by atoms with Crippen LogP contribution in [0.3, 0.4) is 0 Å². The summed E-state index contributed by atoms with van der Waals surface area (Å²) in [5, 5.41) is 4.91. The van der Waals surface area contributed by atoms with Gasteiger partial charge >= 0.3 is 12.1 Å². The first-order valence-electron chi connectivity index (χ1n) is 7.28. The Kier molecular flexibility index (Phi) is 4.91. The highest BCUT2D eigenvalue weighted by Gasteiger charge is 2.41. The van der Waals surface area contributed by atoms with Gasteiger partial charge in [-0.2, -0.15) is 28.7 Å². The molecule has 0 saturated carbocycles. The van der Waals surface area contributed by atoms with Crippen LogP contribution in [-0.4, -0.2) is 39.0 Å². The number of ether oxygens (including phenoxy) is 1. The zero-order chi connectivity index (χ0) is 19.8.